The summed E-state index contributed by atoms with van der Waals surface area (Å²) < 4.78 is 5.91. The summed E-state index contributed by atoms with van der Waals surface area (Å²) >= 11 is 0. The summed E-state index contributed by atoms with van der Waals surface area (Å²) in [7, 11) is 0. The molecule has 1 aliphatic carbocycles. The van der Waals surface area contributed by atoms with Gasteiger partial charge in [-0.05, 0) is 28.3 Å². The minimum absolute atomic E-state index is 0.924. The van der Waals surface area contributed by atoms with E-state index in [0.717, 1.165) is 17.6 Å². The number of fused-ring (bicyclic) bond motifs is 2. The zero-order valence-electron chi connectivity index (χ0n) is 13.2. The Kier molecular flexibility index (Phi) is 2.92. The van der Waals surface area contributed by atoms with Crippen LogP contribution >= 0.6 is 0 Å². The van der Waals surface area contributed by atoms with Crippen LogP contribution in [0.5, 0.6) is 0 Å². The Labute approximate surface area is 140 Å². The summed E-state index contributed by atoms with van der Waals surface area (Å²) in [5.41, 5.74) is 6.50. The molecule has 0 spiro atoms. The van der Waals surface area contributed by atoms with Gasteiger partial charge in [0.25, 0.3) is 0 Å². The fraction of sp³-hybridized carbons (Fsp3) is 0.0435. The van der Waals surface area contributed by atoms with Gasteiger partial charge in [0, 0.05) is 22.8 Å². The predicted octanol–water partition coefficient (Wildman–Crippen LogP) is 6.20. The Morgan fingerprint density at radius 3 is 2.50 bits per heavy atom. The first kappa shape index (κ1) is 13.4. The van der Waals surface area contributed by atoms with Crippen molar-refractivity contribution in [2.75, 3.05) is 0 Å². The molecule has 0 saturated carbocycles. The molecule has 1 aromatic heterocycles. The molecule has 1 nitrogen and oxygen atoms in total. The number of furan rings is 1. The van der Waals surface area contributed by atoms with Crippen LogP contribution in [0, 0.1) is 0 Å². The van der Waals surface area contributed by atoms with E-state index in [0.29, 0.717) is 0 Å². The molecule has 0 radical (unpaired) electrons. The highest BCUT2D eigenvalue weighted by Gasteiger charge is 2.20. The summed E-state index contributed by atoms with van der Waals surface area (Å²) in [5.74, 6) is 1.00. The second-order valence-electron chi connectivity index (χ2n) is 6.24. The molecule has 1 aliphatic rings. The van der Waals surface area contributed by atoms with Gasteiger partial charge >= 0.3 is 0 Å². The van der Waals surface area contributed by atoms with Crippen LogP contribution in [0.15, 0.2) is 83.5 Å². The fourth-order valence-electron chi connectivity index (χ4n) is 3.62. The Hall–Kier alpha value is -3.06. The Morgan fingerprint density at radius 2 is 1.58 bits per heavy atom. The van der Waals surface area contributed by atoms with Crippen molar-refractivity contribution in [3.05, 3.63) is 95.9 Å². The minimum atomic E-state index is 0.924. The first-order chi connectivity index (χ1) is 11.9. The predicted molar refractivity (Wildman–Crippen MR) is 99.7 cm³/mol. The van der Waals surface area contributed by atoms with Gasteiger partial charge in [-0.15, -0.1) is 0 Å². The van der Waals surface area contributed by atoms with Crippen molar-refractivity contribution >= 4 is 22.4 Å². The van der Waals surface area contributed by atoms with Crippen molar-refractivity contribution in [1.29, 1.82) is 0 Å². The summed E-state index contributed by atoms with van der Waals surface area (Å²) in [6, 6.07) is 25.5. The van der Waals surface area contributed by atoms with Crippen molar-refractivity contribution in [3.63, 3.8) is 0 Å². The van der Waals surface area contributed by atoms with Crippen LogP contribution in [-0.2, 0) is 6.42 Å². The van der Waals surface area contributed by atoms with E-state index in [1.54, 1.807) is 0 Å². The van der Waals surface area contributed by atoms with Crippen LogP contribution < -0.4 is 0 Å². The average Bonchev–Trinajstić information content (AvgIpc) is 3.25. The molecule has 0 N–H and O–H groups in total. The molecular formula is C23H16O. The van der Waals surface area contributed by atoms with Gasteiger partial charge < -0.3 is 4.42 Å². The number of hydrogen-bond donors (Lipinski definition) is 0. The summed E-state index contributed by atoms with van der Waals surface area (Å²) in [5, 5.41) is 2.35. The van der Waals surface area contributed by atoms with E-state index in [2.05, 4.69) is 72.8 Å². The lowest BCUT2D eigenvalue weighted by atomic mass is 9.97. The van der Waals surface area contributed by atoms with Crippen LogP contribution in [0.25, 0.3) is 33.5 Å². The Morgan fingerprint density at radius 1 is 0.750 bits per heavy atom. The first-order valence-electron chi connectivity index (χ1n) is 8.25. The van der Waals surface area contributed by atoms with Gasteiger partial charge in [-0.2, -0.15) is 0 Å². The third-order valence-corrected chi connectivity index (χ3v) is 4.78. The van der Waals surface area contributed by atoms with E-state index in [-0.39, 0.29) is 0 Å². The van der Waals surface area contributed by atoms with Gasteiger partial charge in [0.05, 0.1) is 6.26 Å². The van der Waals surface area contributed by atoms with Gasteiger partial charge in [0.2, 0.25) is 0 Å². The van der Waals surface area contributed by atoms with E-state index < -0.39 is 0 Å². The van der Waals surface area contributed by atoms with Crippen molar-refractivity contribution in [1.82, 2.24) is 0 Å². The molecule has 5 rings (SSSR count). The largest absolute Gasteiger partial charge is 0.463 e. The molecule has 114 valence electrons. The van der Waals surface area contributed by atoms with E-state index in [1.165, 1.54) is 33.2 Å². The van der Waals surface area contributed by atoms with Crippen LogP contribution in [0.3, 0.4) is 0 Å². The highest BCUT2D eigenvalue weighted by molar-refractivity contribution is 6.00. The van der Waals surface area contributed by atoms with Crippen LogP contribution in [0.4, 0.5) is 0 Å². The molecule has 0 atom stereocenters. The Balaban J connectivity index is 1.66. The smallest absolute Gasteiger partial charge is 0.138 e. The van der Waals surface area contributed by atoms with Gasteiger partial charge in [0.1, 0.15) is 5.76 Å². The number of hydrogen-bond acceptors (Lipinski definition) is 1. The molecule has 0 unspecified atom stereocenters. The van der Waals surface area contributed by atoms with Gasteiger partial charge in [-0.1, -0.05) is 72.8 Å². The number of rotatable bonds is 2. The SMILES string of the molecule is C1=C(c2occ3ccccc23)Cc2cccc(-c3ccccc3)c21. The van der Waals surface area contributed by atoms with E-state index >= 15 is 0 Å². The first-order valence-corrected chi connectivity index (χ1v) is 8.25. The van der Waals surface area contributed by atoms with Crippen molar-refractivity contribution in [3.8, 4) is 11.1 Å². The minimum Gasteiger partial charge on any atom is -0.463 e. The summed E-state index contributed by atoms with van der Waals surface area (Å²) in [4.78, 5) is 0. The van der Waals surface area contributed by atoms with E-state index in [9.17, 15) is 0 Å². The maximum absolute atomic E-state index is 5.91. The normalized spacial score (nSPS) is 13.1. The lowest BCUT2D eigenvalue weighted by molar-refractivity contribution is 0.557. The molecule has 0 bridgehead atoms. The van der Waals surface area contributed by atoms with Crippen molar-refractivity contribution in [2.24, 2.45) is 0 Å². The highest BCUT2D eigenvalue weighted by Crippen LogP contribution is 2.39. The molecule has 3 aromatic carbocycles. The molecule has 24 heavy (non-hydrogen) atoms. The molecule has 1 heterocycles. The van der Waals surface area contributed by atoms with Crippen LogP contribution in [0.1, 0.15) is 16.9 Å². The fourth-order valence-corrected chi connectivity index (χ4v) is 3.62. The highest BCUT2D eigenvalue weighted by atomic mass is 16.3. The van der Waals surface area contributed by atoms with Gasteiger partial charge in [-0.25, -0.2) is 0 Å². The molecule has 0 fully saturated rings. The monoisotopic (exact) mass is 308 g/mol. The van der Waals surface area contributed by atoms with E-state index in [4.69, 9.17) is 4.42 Å². The molecular weight excluding hydrogens is 292 g/mol. The number of allylic oxidation sites excluding steroid dienone is 1. The zero-order chi connectivity index (χ0) is 15.9. The molecule has 0 saturated heterocycles. The Bertz CT molecular complexity index is 1070. The van der Waals surface area contributed by atoms with E-state index in [1.807, 2.05) is 12.3 Å². The standard InChI is InChI=1S/C23H16O/c1-2-7-16(8-3-1)20-12-6-10-17-13-19(14-22(17)20)23-21-11-5-4-9-18(21)15-24-23/h1-12,14-15H,13H2. The summed E-state index contributed by atoms with van der Waals surface area (Å²) in [6.07, 6.45) is 5.07. The quantitative estimate of drug-likeness (QED) is 0.430. The average molecular weight is 308 g/mol. The van der Waals surface area contributed by atoms with Crippen molar-refractivity contribution < 1.29 is 4.42 Å². The van der Waals surface area contributed by atoms with Crippen LogP contribution in [0.2, 0.25) is 0 Å². The second-order valence-corrected chi connectivity index (χ2v) is 6.24. The molecule has 1 heteroatoms. The topological polar surface area (TPSA) is 13.1 Å². The molecule has 0 aliphatic heterocycles. The van der Waals surface area contributed by atoms with Crippen LogP contribution in [-0.4, -0.2) is 0 Å². The second kappa shape index (κ2) is 5.24. The maximum atomic E-state index is 5.91. The maximum Gasteiger partial charge on any atom is 0.138 e. The van der Waals surface area contributed by atoms with Gasteiger partial charge in [0.15, 0.2) is 0 Å². The third-order valence-electron chi connectivity index (χ3n) is 4.78. The summed E-state index contributed by atoms with van der Waals surface area (Å²) in [6.45, 7) is 0. The lowest BCUT2D eigenvalue weighted by Gasteiger charge is -2.07. The zero-order valence-corrected chi connectivity index (χ0v) is 13.2. The molecule has 4 aromatic rings. The number of benzene rings is 3. The van der Waals surface area contributed by atoms with Gasteiger partial charge in [-0.3, -0.25) is 0 Å². The van der Waals surface area contributed by atoms with Crippen molar-refractivity contribution in [2.45, 2.75) is 6.42 Å². The third kappa shape index (κ3) is 2.02. The molecule has 0 amide bonds. The lowest BCUT2D eigenvalue weighted by Crippen LogP contribution is -1.87.